The molecule has 28 heavy (non-hydrogen) atoms. The van der Waals surface area contributed by atoms with Gasteiger partial charge in [-0.1, -0.05) is 6.07 Å². The monoisotopic (exact) mass is 504 g/mol. The Morgan fingerprint density at radius 1 is 0.679 bits per heavy atom. The topological polar surface area (TPSA) is 108 Å². The third-order valence-electron chi connectivity index (χ3n) is 3.32. The van der Waals surface area contributed by atoms with Gasteiger partial charge in [-0.2, -0.15) is 0 Å². The summed E-state index contributed by atoms with van der Waals surface area (Å²) in [6.45, 7) is 0. The van der Waals surface area contributed by atoms with Gasteiger partial charge in [0.15, 0.2) is 0 Å². The summed E-state index contributed by atoms with van der Waals surface area (Å²) in [5.74, 6) is 0.827. The molecular formula is C18H14Br2N6O2. The van der Waals surface area contributed by atoms with Crippen LogP contribution >= 0.6 is 31.9 Å². The molecule has 3 aromatic rings. The normalized spacial score (nSPS) is 10.1. The van der Waals surface area contributed by atoms with Crippen LogP contribution in [0.5, 0.6) is 0 Å². The molecule has 0 saturated heterocycles. The van der Waals surface area contributed by atoms with Gasteiger partial charge in [0.1, 0.15) is 11.6 Å². The number of pyridine rings is 2. The maximum atomic E-state index is 12.1. The van der Waals surface area contributed by atoms with Gasteiger partial charge >= 0.3 is 12.1 Å². The number of aromatic nitrogens is 2. The van der Waals surface area contributed by atoms with E-state index in [0.717, 1.165) is 8.95 Å². The first-order chi connectivity index (χ1) is 13.5. The number of hydrogen-bond donors (Lipinski definition) is 4. The van der Waals surface area contributed by atoms with Crippen molar-refractivity contribution >= 4 is 66.9 Å². The Hall–Kier alpha value is -2.98. The molecule has 0 atom stereocenters. The fourth-order valence-electron chi connectivity index (χ4n) is 2.13. The van der Waals surface area contributed by atoms with E-state index in [0.29, 0.717) is 23.0 Å². The molecule has 3 rings (SSSR count). The summed E-state index contributed by atoms with van der Waals surface area (Å²) >= 11 is 6.56. The lowest BCUT2D eigenvalue weighted by molar-refractivity contribution is 0.261. The van der Waals surface area contributed by atoms with Gasteiger partial charge in [-0.3, -0.25) is 10.6 Å². The van der Waals surface area contributed by atoms with Crippen LogP contribution in [0, 0.1) is 0 Å². The Morgan fingerprint density at radius 3 is 1.54 bits per heavy atom. The first-order valence-electron chi connectivity index (χ1n) is 7.97. The summed E-state index contributed by atoms with van der Waals surface area (Å²) in [6.07, 6.45) is 3.16. The smallest absolute Gasteiger partial charge is 0.308 e. The molecule has 10 heteroatoms. The number of amides is 4. The Labute approximate surface area is 177 Å². The number of halogens is 2. The average molecular weight is 506 g/mol. The summed E-state index contributed by atoms with van der Waals surface area (Å²) in [4.78, 5) is 32.3. The summed E-state index contributed by atoms with van der Waals surface area (Å²) < 4.78 is 1.63. The minimum Gasteiger partial charge on any atom is -0.308 e. The quantitative estimate of drug-likeness (QED) is 0.386. The first-order valence-corrected chi connectivity index (χ1v) is 9.56. The largest absolute Gasteiger partial charge is 0.324 e. The number of anilines is 4. The van der Waals surface area contributed by atoms with Crippen molar-refractivity contribution in [1.29, 1.82) is 0 Å². The molecule has 2 heterocycles. The van der Waals surface area contributed by atoms with Gasteiger partial charge in [-0.15, -0.1) is 0 Å². The molecule has 0 fully saturated rings. The van der Waals surface area contributed by atoms with Crippen LogP contribution in [0.2, 0.25) is 0 Å². The van der Waals surface area contributed by atoms with E-state index in [1.54, 1.807) is 60.9 Å². The fraction of sp³-hybridized carbons (Fsp3) is 0. The molecule has 8 nitrogen and oxygen atoms in total. The van der Waals surface area contributed by atoms with Crippen LogP contribution in [0.3, 0.4) is 0 Å². The number of carbonyl (C=O) groups excluding carboxylic acids is 2. The average Bonchev–Trinajstić information content (AvgIpc) is 2.66. The predicted octanol–water partition coefficient (Wildman–Crippen LogP) is 5.29. The van der Waals surface area contributed by atoms with Crippen LogP contribution in [0.25, 0.3) is 0 Å². The lowest BCUT2D eigenvalue weighted by Crippen LogP contribution is -2.21. The maximum Gasteiger partial charge on any atom is 0.324 e. The van der Waals surface area contributed by atoms with Crippen molar-refractivity contribution in [2.45, 2.75) is 0 Å². The molecule has 142 valence electrons. The van der Waals surface area contributed by atoms with Crippen molar-refractivity contribution in [3.05, 3.63) is 69.9 Å². The standard InChI is InChI=1S/C18H14Br2N6O2/c19-11-4-6-15(21-9-11)25-17(27)23-13-2-1-3-14(8-13)24-18(28)26-16-7-5-12(20)10-22-16/h1-10H,(H2,21,23,25,27)(H2,22,24,26,28). The fourth-order valence-corrected chi connectivity index (χ4v) is 2.60. The minimum atomic E-state index is -0.449. The summed E-state index contributed by atoms with van der Waals surface area (Å²) in [5.41, 5.74) is 1.02. The SMILES string of the molecule is O=C(Nc1cccc(NC(=O)Nc2ccc(Br)cn2)c1)Nc1ccc(Br)cn1. The highest BCUT2D eigenvalue weighted by Gasteiger charge is 2.07. The molecule has 0 radical (unpaired) electrons. The Morgan fingerprint density at radius 2 is 1.14 bits per heavy atom. The van der Waals surface area contributed by atoms with E-state index >= 15 is 0 Å². The van der Waals surface area contributed by atoms with Gasteiger partial charge in [0.05, 0.1) is 0 Å². The molecule has 4 N–H and O–H groups in total. The van der Waals surface area contributed by atoms with E-state index in [9.17, 15) is 9.59 Å². The van der Waals surface area contributed by atoms with Crippen molar-refractivity contribution < 1.29 is 9.59 Å². The number of nitrogens with zero attached hydrogens (tertiary/aromatic N) is 2. The molecule has 1 aromatic carbocycles. The van der Waals surface area contributed by atoms with E-state index in [1.165, 1.54) is 0 Å². The van der Waals surface area contributed by atoms with Crippen LogP contribution in [-0.2, 0) is 0 Å². The third kappa shape index (κ3) is 6.03. The number of urea groups is 2. The van der Waals surface area contributed by atoms with Crippen LogP contribution in [0.1, 0.15) is 0 Å². The van der Waals surface area contributed by atoms with Crippen molar-refractivity contribution in [1.82, 2.24) is 9.97 Å². The second-order valence-corrected chi connectivity index (χ2v) is 7.29. The first kappa shape index (κ1) is 19.8. The summed E-state index contributed by atoms with van der Waals surface area (Å²) in [6, 6.07) is 12.7. The van der Waals surface area contributed by atoms with Crippen molar-refractivity contribution in [3.63, 3.8) is 0 Å². The second kappa shape index (κ2) is 9.29. The van der Waals surface area contributed by atoms with E-state index in [2.05, 4.69) is 63.1 Å². The molecule has 0 aliphatic heterocycles. The number of rotatable bonds is 4. The van der Waals surface area contributed by atoms with Gasteiger partial charge in [-0.05, 0) is 74.3 Å². The van der Waals surface area contributed by atoms with Crippen molar-refractivity contribution in [2.75, 3.05) is 21.3 Å². The van der Waals surface area contributed by atoms with Crippen LogP contribution in [-0.4, -0.2) is 22.0 Å². The third-order valence-corrected chi connectivity index (χ3v) is 4.25. The van der Waals surface area contributed by atoms with Crippen LogP contribution in [0.4, 0.5) is 32.6 Å². The maximum absolute atomic E-state index is 12.1. The Bertz CT molecular complexity index is 903. The molecular weight excluding hydrogens is 492 g/mol. The highest BCUT2D eigenvalue weighted by atomic mass is 79.9. The lowest BCUT2D eigenvalue weighted by atomic mass is 10.3. The van der Waals surface area contributed by atoms with Gasteiger partial charge in [0.2, 0.25) is 0 Å². The van der Waals surface area contributed by atoms with Crippen molar-refractivity contribution in [2.24, 2.45) is 0 Å². The van der Waals surface area contributed by atoms with Crippen LogP contribution in [0.15, 0.2) is 69.9 Å². The summed E-state index contributed by atoms with van der Waals surface area (Å²) in [5, 5.41) is 10.6. The molecule has 0 saturated carbocycles. The number of carbonyl (C=O) groups is 2. The van der Waals surface area contributed by atoms with Crippen molar-refractivity contribution in [3.8, 4) is 0 Å². The Balaban J connectivity index is 1.57. The number of hydrogen-bond acceptors (Lipinski definition) is 4. The molecule has 0 unspecified atom stereocenters. The molecule has 0 aliphatic rings. The highest BCUT2D eigenvalue weighted by molar-refractivity contribution is 9.10. The van der Waals surface area contributed by atoms with E-state index < -0.39 is 12.1 Å². The lowest BCUT2D eigenvalue weighted by Gasteiger charge is -2.10. The molecule has 4 amide bonds. The van der Waals surface area contributed by atoms with E-state index in [4.69, 9.17) is 0 Å². The Kier molecular flexibility index (Phi) is 6.56. The number of nitrogens with one attached hydrogen (secondary N) is 4. The highest BCUT2D eigenvalue weighted by Crippen LogP contribution is 2.17. The zero-order valence-corrected chi connectivity index (χ0v) is 17.4. The zero-order chi connectivity index (χ0) is 19.9. The van der Waals surface area contributed by atoms with Gasteiger partial charge < -0.3 is 10.6 Å². The summed E-state index contributed by atoms with van der Waals surface area (Å²) in [7, 11) is 0. The molecule has 0 bridgehead atoms. The van der Waals surface area contributed by atoms with Crippen LogP contribution < -0.4 is 21.3 Å². The van der Waals surface area contributed by atoms with E-state index in [-0.39, 0.29) is 0 Å². The zero-order valence-electron chi connectivity index (χ0n) is 14.2. The predicted molar refractivity (Wildman–Crippen MR) is 116 cm³/mol. The van der Waals surface area contributed by atoms with Gasteiger partial charge in [-0.25, -0.2) is 19.6 Å². The van der Waals surface area contributed by atoms with E-state index in [1.807, 2.05) is 0 Å². The second-order valence-electron chi connectivity index (χ2n) is 5.46. The molecule has 0 aliphatic carbocycles. The van der Waals surface area contributed by atoms with Gasteiger partial charge in [0, 0.05) is 32.7 Å². The minimum absolute atomic E-state index is 0.413. The van der Waals surface area contributed by atoms with Gasteiger partial charge in [0.25, 0.3) is 0 Å². The molecule has 0 spiro atoms. The molecule has 2 aromatic heterocycles. The number of benzene rings is 1.